The lowest BCUT2D eigenvalue weighted by Gasteiger charge is -2.00. The summed E-state index contributed by atoms with van der Waals surface area (Å²) in [6.07, 6.45) is 0.351. The quantitative estimate of drug-likeness (QED) is 0.794. The monoisotopic (exact) mass is 219 g/mol. The van der Waals surface area contributed by atoms with Crippen molar-refractivity contribution in [2.45, 2.75) is 6.42 Å². The van der Waals surface area contributed by atoms with Crippen molar-refractivity contribution in [1.29, 1.82) is 0 Å². The second-order valence-corrected chi connectivity index (χ2v) is 2.85. The average molecular weight is 220 g/mol. The van der Waals surface area contributed by atoms with E-state index in [1.807, 2.05) is 0 Å². The minimum Gasteiger partial charge on any atom is -0.330 e. The molecule has 1 rings (SSSR count). The van der Waals surface area contributed by atoms with Crippen molar-refractivity contribution in [3.63, 3.8) is 0 Å². The molecule has 0 fully saturated rings. The molecule has 4 heteroatoms. The van der Waals surface area contributed by atoms with Gasteiger partial charge in [0.15, 0.2) is 5.78 Å². The highest BCUT2D eigenvalue weighted by molar-refractivity contribution is 6.33. The van der Waals surface area contributed by atoms with Crippen LogP contribution in [0.3, 0.4) is 0 Å². The van der Waals surface area contributed by atoms with Gasteiger partial charge in [-0.1, -0.05) is 23.7 Å². The summed E-state index contributed by atoms with van der Waals surface area (Å²) < 4.78 is 0. The molecule has 0 unspecified atom stereocenters. The van der Waals surface area contributed by atoms with E-state index in [2.05, 4.69) is 0 Å². The molecule has 0 bridgehead atoms. The lowest BCUT2D eigenvalue weighted by molar-refractivity contribution is 0.0985. The van der Waals surface area contributed by atoms with Crippen molar-refractivity contribution in [3.8, 4) is 0 Å². The van der Waals surface area contributed by atoms with Crippen LogP contribution in [0.2, 0.25) is 5.02 Å². The summed E-state index contributed by atoms with van der Waals surface area (Å²) in [4.78, 5) is 11.3. The van der Waals surface area contributed by atoms with E-state index in [1.165, 1.54) is 0 Å². The molecule has 0 aliphatic carbocycles. The smallest absolute Gasteiger partial charge is 0.165 e. The third-order valence-electron chi connectivity index (χ3n) is 1.55. The predicted octanol–water partition coefficient (Wildman–Crippen LogP) is 2.29. The van der Waals surface area contributed by atoms with Gasteiger partial charge in [-0.3, -0.25) is 4.79 Å². The summed E-state index contributed by atoms with van der Waals surface area (Å²) in [7, 11) is 0. The van der Waals surface area contributed by atoms with E-state index in [1.54, 1.807) is 24.3 Å². The molecule has 1 aromatic carbocycles. The standard InChI is InChI=1S/C9H10ClNO.ClH/c10-8-4-2-1-3-7(8)9(12)5-6-11;/h1-4H,5-6,11H2;1H. The molecule has 13 heavy (non-hydrogen) atoms. The number of nitrogens with two attached hydrogens (primary N) is 1. The largest absolute Gasteiger partial charge is 0.330 e. The van der Waals surface area contributed by atoms with Gasteiger partial charge in [0.1, 0.15) is 0 Å². The average Bonchev–Trinajstić information content (AvgIpc) is 2.05. The predicted molar refractivity (Wildman–Crippen MR) is 56.7 cm³/mol. The van der Waals surface area contributed by atoms with E-state index in [0.29, 0.717) is 23.6 Å². The van der Waals surface area contributed by atoms with Crippen LogP contribution in [0.25, 0.3) is 0 Å². The fourth-order valence-corrected chi connectivity index (χ4v) is 1.19. The Morgan fingerprint density at radius 1 is 1.38 bits per heavy atom. The molecule has 0 amide bonds. The molecule has 0 radical (unpaired) electrons. The number of ketones is 1. The normalized spacial score (nSPS) is 9.08. The second kappa shape index (κ2) is 5.97. The highest BCUT2D eigenvalue weighted by Gasteiger charge is 2.07. The first-order valence-electron chi connectivity index (χ1n) is 3.73. The molecule has 0 saturated heterocycles. The second-order valence-electron chi connectivity index (χ2n) is 2.44. The third kappa shape index (κ3) is 3.35. The summed E-state index contributed by atoms with van der Waals surface area (Å²) in [6, 6.07) is 6.99. The Bertz CT molecular complexity index is 289. The van der Waals surface area contributed by atoms with Crippen LogP contribution in [-0.4, -0.2) is 12.3 Å². The van der Waals surface area contributed by atoms with Crippen molar-refractivity contribution in [1.82, 2.24) is 0 Å². The minimum absolute atomic E-state index is 0. The number of rotatable bonds is 3. The molecular weight excluding hydrogens is 209 g/mol. The number of Topliss-reactive ketones (excluding diaryl/α,β-unsaturated/α-hetero) is 1. The molecule has 0 aliphatic heterocycles. The molecule has 0 aromatic heterocycles. The topological polar surface area (TPSA) is 43.1 Å². The van der Waals surface area contributed by atoms with Gasteiger partial charge in [-0.25, -0.2) is 0 Å². The molecule has 0 saturated carbocycles. The van der Waals surface area contributed by atoms with Crippen molar-refractivity contribution in [3.05, 3.63) is 34.9 Å². The summed E-state index contributed by atoms with van der Waals surface area (Å²) in [5, 5.41) is 0.496. The van der Waals surface area contributed by atoms with E-state index in [-0.39, 0.29) is 18.2 Å². The molecular formula is C9H11Cl2NO. The number of halogens is 2. The van der Waals surface area contributed by atoms with Gasteiger partial charge in [-0.05, 0) is 18.7 Å². The first-order chi connectivity index (χ1) is 5.75. The molecule has 1 aromatic rings. The van der Waals surface area contributed by atoms with Crippen molar-refractivity contribution in [2.24, 2.45) is 5.73 Å². The number of hydrogen-bond acceptors (Lipinski definition) is 2. The van der Waals surface area contributed by atoms with Crippen LogP contribution in [0.4, 0.5) is 0 Å². The van der Waals surface area contributed by atoms with Gasteiger partial charge in [0.2, 0.25) is 0 Å². The van der Waals surface area contributed by atoms with Gasteiger partial charge in [0, 0.05) is 12.0 Å². The zero-order valence-corrected chi connectivity index (χ0v) is 8.57. The SMILES string of the molecule is Cl.NCCC(=O)c1ccccc1Cl. The maximum atomic E-state index is 11.3. The van der Waals surface area contributed by atoms with Gasteiger partial charge >= 0.3 is 0 Å². The molecule has 72 valence electrons. The summed E-state index contributed by atoms with van der Waals surface area (Å²) >= 11 is 5.79. The molecule has 0 heterocycles. The number of carbonyl (C=O) groups excluding carboxylic acids is 1. The van der Waals surface area contributed by atoms with Gasteiger partial charge in [0.25, 0.3) is 0 Å². The van der Waals surface area contributed by atoms with Crippen molar-refractivity contribution >= 4 is 29.8 Å². The first kappa shape index (κ1) is 12.4. The zero-order valence-electron chi connectivity index (χ0n) is 7.00. The Hall–Kier alpha value is -0.570. The molecule has 2 N–H and O–H groups in total. The van der Waals surface area contributed by atoms with Crippen LogP contribution in [-0.2, 0) is 0 Å². The van der Waals surface area contributed by atoms with Crippen molar-refractivity contribution < 1.29 is 4.79 Å². The first-order valence-corrected chi connectivity index (χ1v) is 4.11. The van der Waals surface area contributed by atoms with E-state index in [9.17, 15) is 4.79 Å². The fourth-order valence-electron chi connectivity index (χ4n) is 0.953. The van der Waals surface area contributed by atoms with Crippen LogP contribution >= 0.6 is 24.0 Å². The van der Waals surface area contributed by atoms with Gasteiger partial charge in [-0.2, -0.15) is 0 Å². The molecule has 0 spiro atoms. The van der Waals surface area contributed by atoms with Crippen LogP contribution in [0.15, 0.2) is 24.3 Å². The Kier molecular flexibility index (Phi) is 5.71. The number of carbonyl (C=O) groups is 1. The van der Waals surface area contributed by atoms with E-state index in [4.69, 9.17) is 17.3 Å². The highest BCUT2D eigenvalue weighted by Crippen LogP contribution is 2.16. The maximum Gasteiger partial charge on any atom is 0.165 e. The van der Waals surface area contributed by atoms with Gasteiger partial charge in [-0.15, -0.1) is 12.4 Å². The Morgan fingerprint density at radius 2 is 2.00 bits per heavy atom. The van der Waals surface area contributed by atoms with E-state index in [0.717, 1.165) is 0 Å². The Labute approximate surface area is 88.5 Å². The number of hydrogen-bond donors (Lipinski definition) is 1. The van der Waals surface area contributed by atoms with Gasteiger partial charge in [0.05, 0.1) is 5.02 Å². The lowest BCUT2D eigenvalue weighted by atomic mass is 10.1. The summed E-state index contributed by atoms with van der Waals surface area (Å²) in [5.41, 5.74) is 5.81. The summed E-state index contributed by atoms with van der Waals surface area (Å²) in [5.74, 6) is 0.00287. The Morgan fingerprint density at radius 3 is 2.54 bits per heavy atom. The molecule has 0 aliphatic rings. The zero-order chi connectivity index (χ0) is 8.97. The lowest BCUT2D eigenvalue weighted by Crippen LogP contribution is -2.08. The van der Waals surface area contributed by atoms with E-state index >= 15 is 0 Å². The minimum atomic E-state index is 0. The van der Waals surface area contributed by atoms with Crippen LogP contribution in [0.5, 0.6) is 0 Å². The summed E-state index contributed by atoms with van der Waals surface area (Å²) in [6.45, 7) is 0.365. The van der Waals surface area contributed by atoms with Crippen molar-refractivity contribution in [2.75, 3.05) is 6.54 Å². The molecule has 0 atom stereocenters. The van der Waals surface area contributed by atoms with Gasteiger partial charge < -0.3 is 5.73 Å². The maximum absolute atomic E-state index is 11.3. The highest BCUT2D eigenvalue weighted by atomic mass is 35.5. The van der Waals surface area contributed by atoms with Crippen LogP contribution in [0.1, 0.15) is 16.8 Å². The van der Waals surface area contributed by atoms with Crippen LogP contribution < -0.4 is 5.73 Å². The van der Waals surface area contributed by atoms with E-state index < -0.39 is 0 Å². The molecule has 2 nitrogen and oxygen atoms in total. The Balaban J connectivity index is 0.00000144. The van der Waals surface area contributed by atoms with Crippen LogP contribution in [0, 0.1) is 0 Å². The fraction of sp³-hybridized carbons (Fsp3) is 0.222. The number of benzene rings is 1. The third-order valence-corrected chi connectivity index (χ3v) is 1.88.